The van der Waals surface area contributed by atoms with Gasteiger partial charge >= 0.3 is 5.69 Å². The number of aromatic nitrogens is 3. The number of aryl methyl sites for hydroxylation is 1. The summed E-state index contributed by atoms with van der Waals surface area (Å²) in [5.41, 5.74) is 3.45. The zero-order valence-electron chi connectivity index (χ0n) is 9.63. The van der Waals surface area contributed by atoms with Gasteiger partial charge in [-0.05, 0) is 24.6 Å². The predicted octanol–water partition coefficient (Wildman–Crippen LogP) is 0.399. The van der Waals surface area contributed by atoms with Crippen molar-refractivity contribution in [1.29, 1.82) is 0 Å². The van der Waals surface area contributed by atoms with E-state index in [0.29, 0.717) is 18.9 Å². The van der Waals surface area contributed by atoms with Crippen molar-refractivity contribution < 1.29 is 0 Å². The molecule has 0 unspecified atom stereocenters. The summed E-state index contributed by atoms with van der Waals surface area (Å²) < 4.78 is 3.31. The zero-order chi connectivity index (χ0) is 12.3. The van der Waals surface area contributed by atoms with Crippen LogP contribution in [0.15, 0.2) is 35.5 Å². The van der Waals surface area contributed by atoms with Crippen LogP contribution in [-0.4, -0.2) is 14.1 Å². The molecule has 0 amide bonds. The second-order valence-corrected chi connectivity index (χ2v) is 3.69. The summed E-state index contributed by atoms with van der Waals surface area (Å²) in [4.78, 5) is 15.8. The molecule has 0 aliphatic rings. The van der Waals surface area contributed by atoms with E-state index in [4.69, 9.17) is 5.84 Å². The second-order valence-electron chi connectivity index (χ2n) is 3.69. The van der Waals surface area contributed by atoms with Crippen molar-refractivity contribution in [2.75, 3.05) is 5.43 Å². The molecule has 0 bridgehead atoms. The first kappa shape index (κ1) is 11.4. The fraction of sp³-hybridized carbons (Fsp3) is 0.273. The van der Waals surface area contributed by atoms with Gasteiger partial charge in [0.25, 0.3) is 0 Å². The summed E-state index contributed by atoms with van der Waals surface area (Å²) in [6.07, 6.45) is 5.22. The molecule has 0 saturated carbocycles. The van der Waals surface area contributed by atoms with E-state index >= 15 is 0 Å². The van der Waals surface area contributed by atoms with Crippen molar-refractivity contribution in [2.45, 2.75) is 20.0 Å². The minimum atomic E-state index is -0.00781. The van der Waals surface area contributed by atoms with Crippen LogP contribution in [0.2, 0.25) is 0 Å². The lowest BCUT2D eigenvalue weighted by molar-refractivity contribution is 0.668. The number of nitrogens with zero attached hydrogens (tertiary/aromatic N) is 3. The van der Waals surface area contributed by atoms with Crippen LogP contribution in [0.1, 0.15) is 12.5 Å². The van der Waals surface area contributed by atoms with Gasteiger partial charge in [0, 0.05) is 25.1 Å². The van der Waals surface area contributed by atoms with Crippen molar-refractivity contribution in [2.24, 2.45) is 5.84 Å². The molecule has 0 atom stereocenters. The summed E-state index contributed by atoms with van der Waals surface area (Å²) >= 11 is 0. The molecule has 0 aliphatic heterocycles. The third-order valence-corrected chi connectivity index (χ3v) is 2.58. The topological polar surface area (TPSA) is 77.9 Å². The molecule has 2 aromatic rings. The molecule has 17 heavy (non-hydrogen) atoms. The Kier molecular flexibility index (Phi) is 3.24. The van der Waals surface area contributed by atoms with Crippen LogP contribution in [0, 0.1) is 0 Å². The Morgan fingerprint density at radius 1 is 1.41 bits per heavy atom. The number of hydrogen-bond acceptors (Lipinski definition) is 4. The zero-order valence-corrected chi connectivity index (χ0v) is 9.63. The van der Waals surface area contributed by atoms with E-state index in [1.165, 1.54) is 0 Å². The molecule has 2 heterocycles. The summed E-state index contributed by atoms with van der Waals surface area (Å²) in [6, 6.07) is 3.67. The van der Waals surface area contributed by atoms with Gasteiger partial charge in [-0.3, -0.25) is 9.13 Å². The van der Waals surface area contributed by atoms with Gasteiger partial charge in [-0.1, -0.05) is 0 Å². The van der Waals surface area contributed by atoms with Crippen LogP contribution in [0.5, 0.6) is 0 Å². The van der Waals surface area contributed by atoms with E-state index in [9.17, 15) is 4.79 Å². The Morgan fingerprint density at radius 3 is 2.82 bits per heavy atom. The SMILES string of the molecule is CCn1ccn(Cc2ccnc(NN)c2)c1=O. The molecule has 6 nitrogen and oxygen atoms in total. The average Bonchev–Trinajstić information content (AvgIpc) is 2.71. The van der Waals surface area contributed by atoms with Crippen molar-refractivity contribution in [3.05, 3.63) is 46.8 Å². The quantitative estimate of drug-likeness (QED) is 0.592. The van der Waals surface area contributed by atoms with Crippen LogP contribution in [0.4, 0.5) is 5.82 Å². The number of hydrazine groups is 1. The van der Waals surface area contributed by atoms with Gasteiger partial charge < -0.3 is 5.43 Å². The molecule has 90 valence electrons. The van der Waals surface area contributed by atoms with E-state index < -0.39 is 0 Å². The summed E-state index contributed by atoms with van der Waals surface area (Å²) in [6.45, 7) is 3.13. The minimum absolute atomic E-state index is 0.00781. The van der Waals surface area contributed by atoms with Crippen LogP contribution in [-0.2, 0) is 13.1 Å². The highest BCUT2D eigenvalue weighted by atomic mass is 16.1. The number of hydrogen-bond donors (Lipinski definition) is 2. The molecule has 3 N–H and O–H groups in total. The van der Waals surface area contributed by atoms with Crippen molar-refractivity contribution in [1.82, 2.24) is 14.1 Å². The van der Waals surface area contributed by atoms with E-state index in [0.717, 1.165) is 5.56 Å². The van der Waals surface area contributed by atoms with E-state index in [2.05, 4.69) is 10.4 Å². The summed E-state index contributed by atoms with van der Waals surface area (Å²) in [7, 11) is 0. The molecule has 0 radical (unpaired) electrons. The highest BCUT2D eigenvalue weighted by Crippen LogP contribution is 2.06. The molecule has 0 aliphatic carbocycles. The minimum Gasteiger partial charge on any atom is -0.308 e. The Morgan fingerprint density at radius 2 is 2.18 bits per heavy atom. The third-order valence-electron chi connectivity index (χ3n) is 2.58. The van der Waals surface area contributed by atoms with E-state index in [1.54, 1.807) is 27.7 Å². The molecule has 2 aromatic heterocycles. The Balaban J connectivity index is 2.25. The number of rotatable bonds is 4. The molecular formula is C11H15N5O. The number of imidazole rings is 1. The van der Waals surface area contributed by atoms with Gasteiger partial charge in [0.05, 0.1) is 6.54 Å². The van der Waals surface area contributed by atoms with Gasteiger partial charge in [-0.25, -0.2) is 15.6 Å². The number of nitrogen functional groups attached to an aromatic ring is 1. The van der Waals surface area contributed by atoms with E-state index in [-0.39, 0.29) is 5.69 Å². The molecule has 6 heteroatoms. The van der Waals surface area contributed by atoms with Crippen molar-refractivity contribution in [3.8, 4) is 0 Å². The lowest BCUT2D eigenvalue weighted by atomic mass is 10.2. The van der Waals surface area contributed by atoms with Crippen LogP contribution in [0.25, 0.3) is 0 Å². The molecule has 0 fully saturated rings. The number of nitrogens with one attached hydrogen (secondary N) is 1. The van der Waals surface area contributed by atoms with Crippen LogP contribution >= 0.6 is 0 Å². The van der Waals surface area contributed by atoms with Gasteiger partial charge in [0.2, 0.25) is 0 Å². The number of pyridine rings is 1. The predicted molar refractivity (Wildman–Crippen MR) is 65.5 cm³/mol. The molecule has 0 saturated heterocycles. The highest BCUT2D eigenvalue weighted by molar-refractivity contribution is 5.35. The summed E-state index contributed by atoms with van der Waals surface area (Å²) in [5, 5.41) is 0. The normalized spacial score (nSPS) is 10.5. The van der Waals surface area contributed by atoms with Crippen LogP contribution in [0.3, 0.4) is 0 Å². The van der Waals surface area contributed by atoms with Gasteiger partial charge in [-0.2, -0.15) is 0 Å². The number of nitrogens with two attached hydrogens (primary N) is 1. The maximum atomic E-state index is 11.8. The van der Waals surface area contributed by atoms with Gasteiger partial charge in [0.1, 0.15) is 5.82 Å². The van der Waals surface area contributed by atoms with Gasteiger partial charge in [-0.15, -0.1) is 0 Å². The second kappa shape index (κ2) is 4.84. The van der Waals surface area contributed by atoms with Gasteiger partial charge in [0.15, 0.2) is 0 Å². The fourth-order valence-corrected chi connectivity index (χ4v) is 1.66. The fourth-order valence-electron chi connectivity index (χ4n) is 1.66. The average molecular weight is 233 g/mol. The molecular weight excluding hydrogens is 218 g/mol. The first-order valence-electron chi connectivity index (χ1n) is 5.41. The largest absolute Gasteiger partial charge is 0.328 e. The Hall–Kier alpha value is -2.08. The van der Waals surface area contributed by atoms with E-state index in [1.807, 2.05) is 19.1 Å². The molecule has 0 spiro atoms. The Bertz CT molecular complexity index is 557. The number of anilines is 1. The maximum Gasteiger partial charge on any atom is 0.328 e. The smallest absolute Gasteiger partial charge is 0.308 e. The van der Waals surface area contributed by atoms with Crippen LogP contribution < -0.4 is 17.0 Å². The Labute approximate surface area is 98.7 Å². The third kappa shape index (κ3) is 2.36. The molecule has 0 aromatic carbocycles. The maximum absolute atomic E-state index is 11.8. The highest BCUT2D eigenvalue weighted by Gasteiger charge is 2.03. The standard InChI is InChI=1S/C11H15N5O/c1-2-15-5-6-16(11(15)17)8-9-3-4-13-10(7-9)14-12/h3-7H,2,8,12H2,1H3,(H,13,14). The first-order valence-corrected chi connectivity index (χ1v) is 5.41. The monoisotopic (exact) mass is 233 g/mol. The molecule has 2 rings (SSSR count). The first-order chi connectivity index (χ1) is 8.24. The van der Waals surface area contributed by atoms with Crippen molar-refractivity contribution in [3.63, 3.8) is 0 Å². The summed E-state index contributed by atoms with van der Waals surface area (Å²) in [5.74, 6) is 5.87. The lowest BCUT2D eigenvalue weighted by Crippen LogP contribution is -2.23. The van der Waals surface area contributed by atoms with Crippen molar-refractivity contribution >= 4 is 5.82 Å². The lowest BCUT2D eigenvalue weighted by Gasteiger charge is -2.04.